The molecule has 94 valence electrons. The number of hydrogen-bond donors (Lipinski definition) is 1. The predicted molar refractivity (Wildman–Crippen MR) is 70.3 cm³/mol. The van der Waals surface area contributed by atoms with Crippen molar-refractivity contribution in [1.29, 1.82) is 0 Å². The van der Waals surface area contributed by atoms with E-state index in [-0.39, 0.29) is 5.75 Å². The minimum atomic E-state index is 0.144. The van der Waals surface area contributed by atoms with Crippen LogP contribution in [0.25, 0.3) is 11.5 Å². The molecule has 0 amide bonds. The average Bonchev–Trinajstić information content (AvgIpc) is 2.99. The molecule has 0 spiro atoms. The lowest BCUT2D eigenvalue weighted by molar-refractivity contribution is 0.411. The van der Waals surface area contributed by atoms with E-state index in [1.54, 1.807) is 12.1 Å². The Morgan fingerprint density at radius 1 is 1.28 bits per heavy atom. The SMILES string of the molecule is Oc1cc(Br)ccc1-c1nc(C2CCCC2)no1. The Morgan fingerprint density at radius 2 is 2.06 bits per heavy atom. The molecule has 0 bridgehead atoms. The van der Waals surface area contributed by atoms with Crippen molar-refractivity contribution in [1.82, 2.24) is 10.1 Å². The average molecular weight is 309 g/mol. The molecule has 18 heavy (non-hydrogen) atoms. The summed E-state index contributed by atoms with van der Waals surface area (Å²) in [6.45, 7) is 0. The Kier molecular flexibility index (Phi) is 3.07. The summed E-state index contributed by atoms with van der Waals surface area (Å²) in [4.78, 5) is 4.40. The predicted octanol–water partition coefficient (Wildman–Crippen LogP) is 3.86. The standard InChI is InChI=1S/C13H13BrN2O2/c14-9-5-6-10(11(17)7-9)13-15-12(16-18-13)8-3-1-2-4-8/h5-8,17H,1-4H2. The third-order valence-corrected chi connectivity index (χ3v) is 3.85. The molecule has 5 heteroatoms. The second-order valence-electron chi connectivity index (χ2n) is 4.60. The van der Waals surface area contributed by atoms with E-state index in [1.807, 2.05) is 6.07 Å². The summed E-state index contributed by atoms with van der Waals surface area (Å²) >= 11 is 3.30. The van der Waals surface area contributed by atoms with Crippen LogP contribution in [0.3, 0.4) is 0 Å². The molecule has 2 aromatic rings. The van der Waals surface area contributed by atoms with Crippen LogP contribution in [0, 0.1) is 0 Å². The maximum Gasteiger partial charge on any atom is 0.261 e. The van der Waals surface area contributed by atoms with Crippen LogP contribution in [0.4, 0.5) is 0 Å². The van der Waals surface area contributed by atoms with E-state index in [0.29, 0.717) is 17.4 Å². The van der Waals surface area contributed by atoms with Crippen molar-refractivity contribution >= 4 is 15.9 Å². The van der Waals surface area contributed by atoms with E-state index in [4.69, 9.17) is 4.52 Å². The van der Waals surface area contributed by atoms with E-state index in [2.05, 4.69) is 26.1 Å². The minimum Gasteiger partial charge on any atom is -0.507 e. The summed E-state index contributed by atoms with van der Waals surface area (Å²) < 4.78 is 6.07. The first kappa shape index (κ1) is 11.7. The maximum absolute atomic E-state index is 9.86. The lowest BCUT2D eigenvalue weighted by Crippen LogP contribution is -1.94. The summed E-state index contributed by atoms with van der Waals surface area (Å²) in [6.07, 6.45) is 4.73. The number of halogens is 1. The number of phenolic OH excluding ortho intramolecular Hbond substituents is 1. The fourth-order valence-corrected chi connectivity index (χ4v) is 2.73. The first-order chi connectivity index (χ1) is 8.74. The Balaban J connectivity index is 1.92. The number of hydrogen-bond acceptors (Lipinski definition) is 4. The zero-order valence-corrected chi connectivity index (χ0v) is 11.4. The molecule has 1 N–H and O–H groups in total. The van der Waals surface area contributed by atoms with Gasteiger partial charge in [0.1, 0.15) is 5.75 Å². The van der Waals surface area contributed by atoms with Crippen LogP contribution in [0.15, 0.2) is 27.2 Å². The van der Waals surface area contributed by atoms with E-state index in [0.717, 1.165) is 23.1 Å². The monoisotopic (exact) mass is 308 g/mol. The van der Waals surface area contributed by atoms with Crippen molar-refractivity contribution in [3.63, 3.8) is 0 Å². The molecule has 0 unspecified atom stereocenters. The Hall–Kier alpha value is -1.36. The normalized spacial score (nSPS) is 16.3. The van der Waals surface area contributed by atoms with Gasteiger partial charge in [-0.05, 0) is 31.0 Å². The quantitative estimate of drug-likeness (QED) is 0.915. The summed E-state index contributed by atoms with van der Waals surface area (Å²) in [5.41, 5.74) is 0.579. The second-order valence-corrected chi connectivity index (χ2v) is 5.52. The van der Waals surface area contributed by atoms with Crippen LogP contribution in [0.5, 0.6) is 5.75 Å². The van der Waals surface area contributed by atoms with Gasteiger partial charge >= 0.3 is 0 Å². The van der Waals surface area contributed by atoms with Gasteiger partial charge in [0.05, 0.1) is 5.56 Å². The highest BCUT2D eigenvalue weighted by molar-refractivity contribution is 9.10. The minimum absolute atomic E-state index is 0.144. The molecular formula is C13H13BrN2O2. The van der Waals surface area contributed by atoms with Crippen molar-refractivity contribution in [3.05, 3.63) is 28.5 Å². The second kappa shape index (κ2) is 4.72. The Bertz CT molecular complexity index is 562. The molecule has 1 fully saturated rings. The first-order valence-electron chi connectivity index (χ1n) is 6.06. The highest BCUT2D eigenvalue weighted by Crippen LogP contribution is 2.35. The van der Waals surface area contributed by atoms with Gasteiger partial charge in [0.15, 0.2) is 5.82 Å². The lowest BCUT2D eigenvalue weighted by Gasteiger charge is -2.00. The van der Waals surface area contributed by atoms with Crippen molar-refractivity contribution in [2.75, 3.05) is 0 Å². The molecule has 0 aliphatic heterocycles. The largest absolute Gasteiger partial charge is 0.507 e. The maximum atomic E-state index is 9.86. The van der Waals surface area contributed by atoms with Crippen LogP contribution in [0.2, 0.25) is 0 Å². The number of aromatic hydroxyl groups is 1. The third kappa shape index (κ3) is 2.14. The highest BCUT2D eigenvalue weighted by atomic mass is 79.9. The molecule has 1 aliphatic rings. The molecule has 3 rings (SSSR count). The molecule has 1 aliphatic carbocycles. The molecule has 0 saturated heterocycles. The summed E-state index contributed by atoms with van der Waals surface area (Å²) in [7, 11) is 0. The third-order valence-electron chi connectivity index (χ3n) is 3.35. The van der Waals surface area contributed by atoms with Gasteiger partial charge in [-0.15, -0.1) is 0 Å². The Labute approximate surface area is 113 Å². The topological polar surface area (TPSA) is 59.2 Å². The molecule has 1 saturated carbocycles. The van der Waals surface area contributed by atoms with Crippen molar-refractivity contribution < 1.29 is 9.63 Å². The summed E-state index contributed by atoms with van der Waals surface area (Å²) in [5.74, 6) is 1.72. The Morgan fingerprint density at radius 3 is 2.78 bits per heavy atom. The van der Waals surface area contributed by atoms with Crippen LogP contribution in [-0.4, -0.2) is 15.2 Å². The zero-order chi connectivity index (χ0) is 12.5. The van der Waals surface area contributed by atoms with Gasteiger partial charge in [-0.1, -0.05) is 33.9 Å². The smallest absolute Gasteiger partial charge is 0.261 e. The molecule has 0 atom stereocenters. The van der Waals surface area contributed by atoms with E-state index < -0.39 is 0 Å². The van der Waals surface area contributed by atoms with Gasteiger partial charge in [-0.2, -0.15) is 4.98 Å². The molecule has 1 aromatic carbocycles. The lowest BCUT2D eigenvalue weighted by atomic mass is 10.1. The van der Waals surface area contributed by atoms with Crippen LogP contribution < -0.4 is 0 Å². The van der Waals surface area contributed by atoms with Gasteiger partial charge in [0, 0.05) is 10.4 Å². The van der Waals surface area contributed by atoms with Crippen molar-refractivity contribution in [2.45, 2.75) is 31.6 Å². The summed E-state index contributed by atoms with van der Waals surface area (Å²) in [5, 5.41) is 13.9. The van der Waals surface area contributed by atoms with E-state index in [1.165, 1.54) is 12.8 Å². The molecule has 1 heterocycles. The van der Waals surface area contributed by atoms with Gasteiger partial charge in [-0.25, -0.2) is 0 Å². The van der Waals surface area contributed by atoms with Crippen molar-refractivity contribution in [3.8, 4) is 17.2 Å². The van der Waals surface area contributed by atoms with Gasteiger partial charge in [-0.3, -0.25) is 0 Å². The highest BCUT2D eigenvalue weighted by Gasteiger charge is 2.23. The fourth-order valence-electron chi connectivity index (χ4n) is 2.38. The fraction of sp³-hybridized carbons (Fsp3) is 0.385. The van der Waals surface area contributed by atoms with E-state index >= 15 is 0 Å². The van der Waals surface area contributed by atoms with Crippen LogP contribution in [0.1, 0.15) is 37.4 Å². The number of rotatable bonds is 2. The zero-order valence-electron chi connectivity index (χ0n) is 9.77. The van der Waals surface area contributed by atoms with Gasteiger partial charge < -0.3 is 9.63 Å². The molecule has 4 nitrogen and oxygen atoms in total. The molecular weight excluding hydrogens is 296 g/mol. The first-order valence-corrected chi connectivity index (χ1v) is 6.86. The number of aromatic nitrogens is 2. The number of benzene rings is 1. The summed E-state index contributed by atoms with van der Waals surface area (Å²) in [6, 6.07) is 5.23. The van der Waals surface area contributed by atoms with E-state index in [9.17, 15) is 5.11 Å². The van der Waals surface area contributed by atoms with Crippen LogP contribution >= 0.6 is 15.9 Å². The van der Waals surface area contributed by atoms with Gasteiger partial charge in [0.25, 0.3) is 5.89 Å². The molecule has 1 aromatic heterocycles. The number of phenols is 1. The number of nitrogens with zero attached hydrogens (tertiary/aromatic N) is 2. The van der Waals surface area contributed by atoms with Crippen molar-refractivity contribution in [2.24, 2.45) is 0 Å². The van der Waals surface area contributed by atoms with Gasteiger partial charge in [0.2, 0.25) is 0 Å². The van der Waals surface area contributed by atoms with Crippen LogP contribution in [-0.2, 0) is 0 Å². The molecule has 0 radical (unpaired) electrons.